The lowest BCUT2D eigenvalue weighted by Crippen LogP contribution is -2.48. The monoisotopic (exact) mass is 426 g/mol. The van der Waals surface area contributed by atoms with Gasteiger partial charge in [0.05, 0.1) is 24.8 Å². The largest absolute Gasteiger partial charge is 0.486 e. The van der Waals surface area contributed by atoms with Gasteiger partial charge in [-0.05, 0) is 37.6 Å². The van der Waals surface area contributed by atoms with Crippen LogP contribution in [0.5, 0.6) is 11.5 Å². The standard InChI is InChI=1S/C23H30N4O4/c1-25-14-19(22(24-25)17-4-5-20-21(13-17)31-12-11-30-20)16-26-6-2-3-18(15-26)23(28)27-7-9-29-10-8-27/h4-5,13-14,18H,2-3,6-12,15-16H2,1H3/t18-/m1/s1. The summed E-state index contributed by atoms with van der Waals surface area (Å²) in [4.78, 5) is 17.4. The number of hydrogen-bond acceptors (Lipinski definition) is 6. The van der Waals surface area contributed by atoms with E-state index in [1.165, 1.54) is 5.56 Å². The lowest BCUT2D eigenvalue weighted by Gasteiger charge is -2.36. The molecular weight excluding hydrogens is 396 g/mol. The molecule has 4 heterocycles. The van der Waals surface area contributed by atoms with Gasteiger partial charge < -0.3 is 19.1 Å². The number of hydrogen-bond donors (Lipinski definition) is 0. The molecule has 0 spiro atoms. The number of fused-ring (bicyclic) bond motifs is 1. The summed E-state index contributed by atoms with van der Waals surface area (Å²) < 4.78 is 18.7. The molecule has 2 fully saturated rings. The van der Waals surface area contributed by atoms with Gasteiger partial charge in [0.15, 0.2) is 11.5 Å². The molecule has 0 N–H and O–H groups in total. The Morgan fingerprint density at radius 1 is 1.10 bits per heavy atom. The minimum Gasteiger partial charge on any atom is -0.486 e. The van der Waals surface area contributed by atoms with Crippen LogP contribution in [0.25, 0.3) is 11.3 Å². The van der Waals surface area contributed by atoms with Gasteiger partial charge in [-0.1, -0.05) is 0 Å². The van der Waals surface area contributed by atoms with Crippen molar-refractivity contribution < 1.29 is 19.0 Å². The fraction of sp³-hybridized carbons (Fsp3) is 0.565. The third-order valence-electron chi connectivity index (χ3n) is 6.29. The van der Waals surface area contributed by atoms with Crippen LogP contribution in [0.1, 0.15) is 18.4 Å². The van der Waals surface area contributed by atoms with Crippen LogP contribution in [-0.4, -0.2) is 78.1 Å². The van der Waals surface area contributed by atoms with Gasteiger partial charge in [0.25, 0.3) is 0 Å². The van der Waals surface area contributed by atoms with E-state index in [2.05, 4.69) is 11.1 Å². The zero-order valence-corrected chi connectivity index (χ0v) is 18.1. The number of carbonyl (C=O) groups excluding carboxylic acids is 1. The van der Waals surface area contributed by atoms with Crippen LogP contribution in [0.15, 0.2) is 24.4 Å². The van der Waals surface area contributed by atoms with E-state index in [9.17, 15) is 4.79 Å². The number of morpholine rings is 1. The lowest BCUT2D eigenvalue weighted by molar-refractivity contribution is -0.141. The molecule has 31 heavy (non-hydrogen) atoms. The molecule has 1 aromatic heterocycles. The smallest absolute Gasteiger partial charge is 0.227 e. The zero-order valence-electron chi connectivity index (χ0n) is 18.1. The first-order chi connectivity index (χ1) is 15.2. The van der Waals surface area contributed by atoms with Gasteiger partial charge in [-0.3, -0.25) is 14.4 Å². The molecule has 0 bridgehead atoms. The van der Waals surface area contributed by atoms with Gasteiger partial charge in [0.2, 0.25) is 5.91 Å². The summed E-state index contributed by atoms with van der Waals surface area (Å²) in [5.41, 5.74) is 3.15. The number of benzene rings is 1. The summed E-state index contributed by atoms with van der Waals surface area (Å²) in [6.07, 6.45) is 4.09. The third kappa shape index (κ3) is 4.41. The van der Waals surface area contributed by atoms with E-state index in [1.54, 1.807) is 0 Å². The molecule has 8 nitrogen and oxygen atoms in total. The van der Waals surface area contributed by atoms with Crippen molar-refractivity contribution >= 4 is 5.91 Å². The Bertz CT molecular complexity index is 938. The number of nitrogens with zero attached hydrogens (tertiary/aromatic N) is 4. The van der Waals surface area contributed by atoms with E-state index in [4.69, 9.17) is 19.3 Å². The van der Waals surface area contributed by atoms with E-state index >= 15 is 0 Å². The van der Waals surface area contributed by atoms with E-state index < -0.39 is 0 Å². The molecule has 2 aromatic rings. The minimum atomic E-state index is 0.0706. The van der Waals surface area contributed by atoms with Crippen LogP contribution in [0.2, 0.25) is 0 Å². The number of aromatic nitrogens is 2. The van der Waals surface area contributed by atoms with Crippen LogP contribution < -0.4 is 9.47 Å². The fourth-order valence-electron chi connectivity index (χ4n) is 4.77. The van der Waals surface area contributed by atoms with Crippen LogP contribution >= 0.6 is 0 Å². The Labute approximate surface area is 182 Å². The number of piperidine rings is 1. The molecule has 2 saturated heterocycles. The number of carbonyl (C=O) groups is 1. The van der Waals surface area contributed by atoms with Crippen molar-refractivity contribution in [1.29, 1.82) is 0 Å². The predicted molar refractivity (Wildman–Crippen MR) is 115 cm³/mol. The summed E-state index contributed by atoms with van der Waals surface area (Å²) >= 11 is 0. The number of likely N-dealkylation sites (tertiary alicyclic amines) is 1. The molecule has 0 unspecified atom stereocenters. The van der Waals surface area contributed by atoms with E-state index in [0.717, 1.165) is 55.2 Å². The predicted octanol–water partition coefficient (Wildman–Crippen LogP) is 1.93. The summed E-state index contributed by atoms with van der Waals surface area (Å²) in [6.45, 7) is 6.46. The van der Waals surface area contributed by atoms with E-state index in [-0.39, 0.29) is 11.8 Å². The van der Waals surface area contributed by atoms with Crippen molar-refractivity contribution in [1.82, 2.24) is 19.6 Å². The molecule has 1 aromatic carbocycles. The topological polar surface area (TPSA) is 69.1 Å². The quantitative estimate of drug-likeness (QED) is 0.744. The van der Waals surface area contributed by atoms with Gasteiger partial charge in [0.1, 0.15) is 13.2 Å². The van der Waals surface area contributed by atoms with Crippen molar-refractivity contribution in [3.8, 4) is 22.8 Å². The van der Waals surface area contributed by atoms with Crippen LogP contribution in [0.4, 0.5) is 0 Å². The Hall–Kier alpha value is -2.58. The normalized spacial score (nSPS) is 21.8. The first-order valence-electron chi connectivity index (χ1n) is 11.2. The van der Waals surface area contributed by atoms with Crippen LogP contribution in [0, 0.1) is 5.92 Å². The molecule has 3 aliphatic rings. The SMILES string of the molecule is Cn1cc(CN2CCC[C@@H](C(=O)N3CCOCC3)C2)c(-c2ccc3c(c2)OCCO3)n1. The number of ether oxygens (including phenoxy) is 3. The third-order valence-corrected chi connectivity index (χ3v) is 6.29. The Kier molecular flexibility index (Phi) is 5.82. The molecule has 1 amide bonds. The molecule has 166 valence electrons. The second-order valence-electron chi connectivity index (χ2n) is 8.55. The van der Waals surface area contributed by atoms with E-state index in [1.807, 2.05) is 34.8 Å². The lowest BCUT2D eigenvalue weighted by atomic mass is 9.95. The highest BCUT2D eigenvalue weighted by Crippen LogP contribution is 2.35. The minimum absolute atomic E-state index is 0.0706. The first-order valence-corrected chi connectivity index (χ1v) is 11.2. The maximum atomic E-state index is 13.0. The van der Waals surface area contributed by atoms with Gasteiger partial charge in [-0.25, -0.2) is 0 Å². The van der Waals surface area contributed by atoms with Gasteiger partial charge in [-0.2, -0.15) is 5.10 Å². The van der Waals surface area contributed by atoms with Crippen LogP contribution in [-0.2, 0) is 23.1 Å². The molecule has 0 saturated carbocycles. The highest BCUT2D eigenvalue weighted by Gasteiger charge is 2.30. The summed E-state index contributed by atoms with van der Waals surface area (Å²) in [5.74, 6) is 1.91. The van der Waals surface area contributed by atoms with Crippen molar-refractivity contribution in [3.05, 3.63) is 30.0 Å². The van der Waals surface area contributed by atoms with Crippen molar-refractivity contribution in [2.24, 2.45) is 13.0 Å². The van der Waals surface area contributed by atoms with Gasteiger partial charge >= 0.3 is 0 Å². The van der Waals surface area contributed by atoms with Gasteiger partial charge in [0, 0.05) is 50.6 Å². The number of aryl methyl sites for hydroxylation is 1. The molecule has 1 atom stereocenters. The molecule has 3 aliphatic heterocycles. The number of amides is 1. The molecule has 0 radical (unpaired) electrons. The van der Waals surface area contributed by atoms with Crippen molar-refractivity contribution in [2.45, 2.75) is 19.4 Å². The highest BCUT2D eigenvalue weighted by atomic mass is 16.6. The molecule has 5 rings (SSSR count). The van der Waals surface area contributed by atoms with E-state index in [0.29, 0.717) is 39.5 Å². The fourth-order valence-corrected chi connectivity index (χ4v) is 4.77. The van der Waals surface area contributed by atoms with Gasteiger partial charge in [-0.15, -0.1) is 0 Å². The Balaban J connectivity index is 1.31. The Morgan fingerprint density at radius 2 is 1.90 bits per heavy atom. The molecule has 0 aliphatic carbocycles. The van der Waals surface area contributed by atoms with Crippen molar-refractivity contribution in [3.63, 3.8) is 0 Å². The molecule has 8 heteroatoms. The second kappa shape index (κ2) is 8.88. The summed E-state index contributed by atoms with van der Waals surface area (Å²) in [5, 5.41) is 4.73. The average molecular weight is 427 g/mol. The maximum absolute atomic E-state index is 13.0. The molecular formula is C23H30N4O4. The first kappa shape index (κ1) is 20.3. The second-order valence-corrected chi connectivity index (χ2v) is 8.55. The number of rotatable bonds is 4. The average Bonchev–Trinajstić information content (AvgIpc) is 3.19. The summed E-state index contributed by atoms with van der Waals surface area (Å²) in [7, 11) is 1.95. The maximum Gasteiger partial charge on any atom is 0.227 e. The van der Waals surface area contributed by atoms with Crippen molar-refractivity contribution in [2.75, 3.05) is 52.6 Å². The summed E-state index contributed by atoms with van der Waals surface area (Å²) in [6, 6.07) is 6.02. The Morgan fingerprint density at radius 3 is 2.74 bits per heavy atom. The van der Waals surface area contributed by atoms with Crippen LogP contribution in [0.3, 0.4) is 0 Å². The highest BCUT2D eigenvalue weighted by molar-refractivity contribution is 5.79. The zero-order chi connectivity index (χ0) is 21.2.